The summed E-state index contributed by atoms with van der Waals surface area (Å²) < 4.78 is 0. The maximum atomic E-state index is 12.4. The summed E-state index contributed by atoms with van der Waals surface area (Å²) in [5.41, 5.74) is 5.72. The summed E-state index contributed by atoms with van der Waals surface area (Å²) in [5.74, 6) is 1.16. The van der Waals surface area contributed by atoms with Crippen LogP contribution in [0.2, 0.25) is 0 Å². The van der Waals surface area contributed by atoms with E-state index in [1.807, 2.05) is 4.90 Å². The van der Waals surface area contributed by atoms with Gasteiger partial charge in [-0.1, -0.05) is 12.8 Å². The molecule has 0 aromatic rings. The van der Waals surface area contributed by atoms with Gasteiger partial charge in [0, 0.05) is 32.7 Å². The van der Waals surface area contributed by atoms with Crippen molar-refractivity contribution >= 4 is 5.91 Å². The van der Waals surface area contributed by atoms with Gasteiger partial charge in [0.25, 0.3) is 0 Å². The quantitative estimate of drug-likeness (QED) is 0.807. The minimum absolute atomic E-state index is 0.214. The molecule has 3 rings (SSSR count). The fourth-order valence-corrected chi connectivity index (χ4v) is 3.33. The summed E-state index contributed by atoms with van der Waals surface area (Å²) in [6.07, 6.45) is 6.81. The van der Waals surface area contributed by atoms with Crippen LogP contribution in [0.25, 0.3) is 0 Å². The molecular formula is C14H25N3O. The number of hydrogen-bond acceptors (Lipinski definition) is 3. The number of carbonyl (C=O) groups excluding carboxylic acids is 1. The van der Waals surface area contributed by atoms with Gasteiger partial charge in [0.15, 0.2) is 0 Å². The molecule has 1 aliphatic heterocycles. The number of hydrogen-bond donors (Lipinski definition) is 1. The van der Waals surface area contributed by atoms with Crippen LogP contribution in [0.3, 0.4) is 0 Å². The molecule has 0 unspecified atom stereocenters. The van der Waals surface area contributed by atoms with E-state index in [2.05, 4.69) is 4.90 Å². The Morgan fingerprint density at radius 2 is 1.72 bits per heavy atom. The highest BCUT2D eigenvalue weighted by Gasteiger charge is 2.40. The molecule has 1 amide bonds. The number of carbonyl (C=O) groups is 1. The SMILES string of the molecule is NC1(C(=O)N2CCN(CC3CC3)CC2)CCCC1. The molecule has 1 heterocycles. The molecule has 3 fully saturated rings. The zero-order chi connectivity index (χ0) is 12.6. The predicted octanol–water partition coefficient (Wildman–Crippen LogP) is 0.812. The lowest BCUT2D eigenvalue weighted by molar-refractivity contribution is -0.138. The van der Waals surface area contributed by atoms with Gasteiger partial charge in [-0.2, -0.15) is 0 Å². The summed E-state index contributed by atoms with van der Waals surface area (Å²) in [4.78, 5) is 17.0. The number of amides is 1. The number of nitrogens with two attached hydrogens (primary N) is 1. The fourth-order valence-electron chi connectivity index (χ4n) is 3.33. The zero-order valence-corrected chi connectivity index (χ0v) is 11.2. The molecule has 2 saturated carbocycles. The molecule has 2 N–H and O–H groups in total. The van der Waals surface area contributed by atoms with Gasteiger partial charge in [-0.05, 0) is 31.6 Å². The normalized spacial score (nSPS) is 28.6. The van der Waals surface area contributed by atoms with Gasteiger partial charge in [0.1, 0.15) is 0 Å². The predicted molar refractivity (Wildman–Crippen MR) is 71.1 cm³/mol. The second-order valence-electron chi connectivity index (χ2n) is 6.40. The number of rotatable bonds is 3. The second kappa shape index (κ2) is 4.82. The Morgan fingerprint density at radius 1 is 1.11 bits per heavy atom. The van der Waals surface area contributed by atoms with Crippen molar-refractivity contribution in [3.05, 3.63) is 0 Å². The van der Waals surface area contributed by atoms with Gasteiger partial charge < -0.3 is 10.6 Å². The van der Waals surface area contributed by atoms with Gasteiger partial charge in [0.2, 0.25) is 5.91 Å². The Morgan fingerprint density at radius 3 is 2.28 bits per heavy atom. The van der Waals surface area contributed by atoms with Gasteiger partial charge in [-0.3, -0.25) is 9.69 Å². The molecule has 0 atom stereocenters. The van der Waals surface area contributed by atoms with E-state index in [9.17, 15) is 4.79 Å². The van der Waals surface area contributed by atoms with Gasteiger partial charge in [-0.15, -0.1) is 0 Å². The molecular weight excluding hydrogens is 226 g/mol. The minimum atomic E-state index is -0.529. The van der Waals surface area contributed by atoms with Crippen molar-refractivity contribution < 1.29 is 4.79 Å². The van der Waals surface area contributed by atoms with Crippen LogP contribution >= 0.6 is 0 Å². The van der Waals surface area contributed by atoms with Gasteiger partial charge >= 0.3 is 0 Å². The van der Waals surface area contributed by atoms with Crippen molar-refractivity contribution in [3.8, 4) is 0 Å². The molecule has 102 valence electrons. The maximum Gasteiger partial charge on any atom is 0.242 e. The van der Waals surface area contributed by atoms with Crippen molar-refractivity contribution in [2.24, 2.45) is 11.7 Å². The van der Waals surface area contributed by atoms with E-state index in [0.29, 0.717) is 0 Å². The monoisotopic (exact) mass is 251 g/mol. The summed E-state index contributed by atoms with van der Waals surface area (Å²) in [6, 6.07) is 0. The molecule has 4 nitrogen and oxygen atoms in total. The Bertz CT molecular complexity index is 313. The molecule has 4 heteroatoms. The van der Waals surface area contributed by atoms with Crippen LogP contribution in [-0.2, 0) is 4.79 Å². The fraction of sp³-hybridized carbons (Fsp3) is 0.929. The minimum Gasteiger partial charge on any atom is -0.339 e. The molecule has 3 aliphatic rings. The maximum absolute atomic E-state index is 12.4. The molecule has 18 heavy (non-hydrogen) atoms. The van der Waals surface area contributed by atoms with Crippen LogP contribution in [0.1, 0.15) is 38.5 Å². The first-order valence-corrected chi connectivity index (χ1v) is 7.48. The summed E-state index contributed by atoms with van der Waals surface area (Å²) in [7, 11) is 0. The molecule has 0 radical (unpaired) electrons. The summed E-state index contributed by atoms with van der Waals surface area (Å²) in [5, 5.41) is 0. The van der Waals surface area contributed by atoms with Gasteiger partial charge in [-0.25, -0.2) is 0 Å². The number of nitrogens with zero attached hydrogens (tertiary/aromatic N) is 2. The average molecular weight is 251 g/mol. The van der Waals surface area contributed by atoms with E-state index in [4.69, 9.17) is 5.73 Å². The highest BCUT2D eigenvalue weighted by molar-refractivity contribution is 5.86. The van der Waals surface area contributed by atoms with E-state index in [1.54, 1.807) is 0 Å². The Balaban J connectivity index is 1.50. The van der Waals surface area contributed by atoms with Crippen LogP contribution in [0.15, 0.2) is 0 Å². The molecule has 0 spiro atoms. The van der Waals surface area contributed by atoms with Crippen LogP contribution in [0.5, 0.6) is 0 Å². The van der Waals surface area contributed by atoms with E-state index in [-0.39, 0.29) is 5.91 Å². The Hall–Kier alpha value is -0.610. The third kappa shape index (κ3) is 2.54. The Kier molecular flexibility index (Phi) is 3.32. The molecule has 0 bridgehead atoms. The van der Waals surface area contributed by atoms with Crippen molar-refractivity contribution in [2.45, 2.75) is 44.1 Å². The average Bonchev–Trinajstić information content (AvgIpc) is 3.09. The molecule has 0 aromatic heterocycles. The molecule has 2 aliphatic carbocycles. The second-order valence-corrected chi connectivity index (χ2v) is 6.40. The summed E-state index contributed by atoms with van der Waals surface area (Å²) in [6.45, 7) is 5.08. The first kappa shape index (κ1) is 12.4. The smallest absolute Gasteiger partial charge is 0.242 e. The lowest BCUT2D eigenvalue weighted by atomic mass is 9.97. The Labute approximate surface area is 109 Å². The van der Waals surface area contributed by atoms with Gasteiger partial charge in [0.05, 0.1) is 5.54 Å². The number of piperazine rings is 1. The third-order valence-electron chi connectivity index (χ3n) is 4.79. The molecule has 0 aromatic carbocycles. The van der Waals surface area contributed by atoms with Crippen molar-refractivity contribution in [1.82, 2.24) is 9.80 Å². The van der Waals surface area contributed by atoms with Crippen molar-refractivity contribution in [3.63, 3.8) is 0 Å². The van der Waals surface area contributed by atoms with E-state index in [1.165, 1.54) is 19.4 Å². The highest BCUT2D eigenvalue weighted by atomic mass is 16.2. The summed E-state index contributed by atoms with van der Waals surface area (Å²) >= 11 is 0. The van der Waals surface area contributed by atoms with Crippen LogP contribution < -0.4 is 5.73 Å². The lowest BCUT2D eigenvalue weighted by Gasteiger charge is -2.38. The standard InChI is InChI=1S/C14H25N3O/c15-14(5-1-2-6-14)13(18)17-9-7-16(8-10-17)11-12-3-4-12/h12H,1-11,15H2. The van der Waals surface area contributed by atoms with E-state index < -0.39 is 5.54 Å². The third-order valence-corrected chi connectivity index (χ3v) is 4.79. The first-order valence-electron chi connectivity index (χ1n) is 7.48. The largest absolute Gasteiger partial charge is 0.339 e. The van der Waals surface area contributed by atoms with E-state index in [0.717, 1.165) is 57.8 Å². The topological polar surface area (TPSA) is 49.6 Å². The van der Waals surface area contributed by atoms with Crippen molar-refractivity contribution in [2.75, 3.05) is 32.7 Å². The van der Waals surface area contributed by atoms with Crippen LogP contribution in [-0.4, -0.2) is 54.0 Å². The lowest BCUT2D eigenvalue weighted by Crippen LogP contribution is -2.58. The zero-order valence-electron chi connectivity index (χ0n) is 11.2. The van der Waals surface area contributed by atoms with Crippen LogP contribution in [0, 0.1) is 5.92 Å². The van der Waals surface area contributed by atoms with E-state index >= 15 is 0 Å². The van der Waals surface area contributed by atoms with Crippen LogP contribution in [0.4, 0.5) is 0 Å². The highest BCUT2D eigenvalue weighted by Crippen LogP contribution is 2.31. The van der Waals surface area contributed by atoms with Crippen molar-refractivity contribution in [1.29, 1.82) is 0 Å². The first-order chi connectivity index (χ1) is 8.67. The molecule has 1 saturated heterocycles.